The van der Waals surface area contributed by atoms with Crippen LogP contribution in [0.5, 0.6) is 11.5 Å². The molecular weight excluding hydrogens is 514 g/mol. The first-order valence-corrected chi connectivity index (χ1v) is 13.5. The minimum atomic E-state index is -0.347. The number of nitrogens with zero attached hydrogens (tertiary/aromatic N) is 2. The fourth-order valence-corrected chi connectivity index (χ4v) is 6.52. The molecule has 1 aliphatic rings. The van der Waals surface area contributed by atoms with E-state index in [2.05, 4.69) is 69.8 Å². The Morgan fingerprint density at radius 1 is 0.488 bits per heavy atom. The first kappa shape index (κ1) is 22.4. The molecule has 3 nitrogen and oxygen atoms in total. The smallest absolute Gasteiger partial charge is 0.152 e. The quantitative estimate of drug-likeness (QED) is 0.216. The van der Waals surface area contributed by atoms with Crippen LogP contribution in [-0.2, 0) is 0 Å². The molecule has 0 atom stereocenters. The van der Waals surface area contributed by atoms with Gasteiger partial charge in [0.2, 0.25) is 0 Å². The molecule has 1 aliphatic heterocycles. The van der Waals surface area contributed by atoms with Crippen LogP contribution in [0.1, 0.15) is 0 Å². The number of halogens is 2. The van der Waals surface area contributed by atoms with Crippen molar-refractivity contribution in [2.24, 2.45) is 0 Å². The van der Waals surface area contributed by atoms with Crippen molar-refractivity contribution in [3.05, 3.63) is 133 Å². The van der Waals surface area contributed by atoms with Gasteiger partial charge in [0.25, 0.3) is 0 Å². The van der Waals surface area contributed by atoms with E-state index in [0.717, 1.165) is 61.5 Å². The maximum atomic E-state index is 14.2. The van der Waals surface area contributed by atoms with E-state index >= 15 is 0 Å². The summed E-state index contributed by atoms with van der Waals surface area (Å²) in [6, 6.07) is 38.5. The summed E-state index contributed by atoms with van der Waals surface area (Å²) in [5.74, 6) is 0.957. The molecule has 8 aromatic rings. The number of hydrogen-bond acceptors (Lipinski definition) is 1. The van der Waals surface area contributed by atoms with E-state index in [4.69, 9.17) is 4.74 Å². The summed E-state index contributed by atoms with van der Waals surface area (Å²) >= 11 is 0. The standard InChI is InChI=1S/C36H20F2N2O/c37-22-13-17-31-28(19-22)29-20-23(38)14-18-32(29)39(31)24-15-11-21(12-16-24)25-6-3-9-33-35(25)40-30-8-2-1-5-26(30)27-7-4-10-34(41-33)36(27)40/h1-20H. The van der Waals surface area contributed by atoms with Crippen molar-refractivity contribution in [2.75, 3.05) is 0 Å². The third-order valence-corrected chi connectivity index (χ3v) is 8.23. The van der Waals surface area contributed by atoms with Gasteiger partial charge in [0.15, 0.2) is 11.5 Å². The van der Waals surface area contributed by atoms with Crippen molar-refractivity contribution in [1.82, 2.24) is 9.13 Å². The average molecular weight is 535 g/mol. The van der Waals surface area contributed by atoms with Gasteiger partial charge in [0, 0.05) is 32.8 Å². The monoisotopic (exact) mass is 534 g/mol. The molecule has 0 spiro atoms. The van der Waals surface area contributed by atoms with Crippen LogP contribution < -0.4 is 4.74 Å². The Morgan fingerprint density at radius 2 is 1.12 bits per heavy atom. The Kier molecular flexibility index (Phi) is 4.40. The van der Waals surface area contributed by atoms with Gasteiger partial charge in [-0.2, -0.15) is 0 Å². The van der Waals surface area contributed by atoms with Crippen LogP contribution in [0.2, 0.25) is 0 Å². The van der Waals surface area contributed by atoms with Gasteiger partial charge in [-0.25, -0.2) is 8.78 Å². The summed E-state index contributed by atoms with van der Waals surface area (Å²) in [6.07, 6.45) is 0. The zero-order valence-corrected chi connectivity index (χ0v) is 21.6. The van der Waals surface area contributed by atoms with Crippen LogP contribution in [-0.4, -0.2) is 9.13 Å². The van der Waals surface area contributed by atoms with E-state index in [1.807, 2.05) is 24.3 Å². The number of rotatable bonds is 2. The minimum Gasteiger partial charge on any atom is -0.453 e. The molecule has 9 rings (SSSR count). The van der Waals surface area contributed by atoms with Gasteiger partial charge in [0.1, 0.15) is 11.6 Å². The molecule has 0 amide bonds. The van der Waals surface area contributed by atoms with E-state index in [0.29, 0.717) is 10.8 Å². The lowest BCUT2D eigenvalue weighted by atomic mass is 10.0. The number of fused-ring (bicyclic) bond motifs is 8. The van der Waals surface area contributed by atoms with E-state index in [1.165, 1.54) is 29.7 Å². The second-order valence-electron chi connectivity index (χ2n) is 10.5. The van der Waals surface area contributed by atoms with Crippen molar-refractivity contribution in [3.8, 4) is 34.0 Å². The molecule has 5 heteroatoms. The highest BCUT2D eigenvalue weighted by atomic mass is 19.1. The molecule has 0 bridgehead atoms. The molecule has 0 N–H and O–H groups in total. The molecule has 0 aliphatic carbocycles. The van der Waals surface area contributed by atoms with Crippen LogP contribution in [0.15, 0.2) is 121 Å². The molecule has 0 saturated heterocycles. The van der Waals surface area contributed by atoms with Gasteiger partial charge in [-0.3, -0.25) is 0 Å². The van der Waals surface area contributed by atoms with Gasteiger partial charge < -0.3 is 13.9 Å². The first-order chi connectivity index (χ1) is 20.2. The number of hydrogen-bond donors (Lipinski definition) is 0. The number of para-hydroxylation sites is 3. The van der Waals surface area contributed by atoms with Crippen molar-refractivity contribution in [1.29, 1.82) is 0 Å². The van der Waals surface area contributed by atoms with E-state index < -0.39 is 0 Å². The Bertz CT molecular complexity index is 2300. The van der Waals surface area contributed by atoms with Crippen LogP contribution in [0.4, 0.5) is 8.78 Å². The van der Waals surface area contributed by atoms with Crippen molar-refractivity contribution < 1.29 is 13.5 Å². The zero-order valence-electron chi connectivity index (χ0n) is 21.6. The van der Waals surface area contributed by atoms with E-state index in [-0.39, 0.29) is 11.6 Å². The summed E-state index contributed by atoms with van der Waals surface area (Å²) in [5.41, 5.74) is 7.85. The second-order valence-corrected chi connectivity index (χ2v) is 10.5. The highest BCUT2D eigenvalue weighted by Gasteiger charge is 2.26. The predicted molar refractivity (Wildman–Crippen MR) is 161 cm³/mol. The summed E-state index contributed by atoms with van der Waals surface area (Å²) in [6.45, 7) is 0. The van der Waals surface area contributed by atoms with Gasteiger partial charge in [-0.15, -0.1) is 0 Å². The minimum absolute atomic E-state index is 0.347. The number of benzene rings is 6. The Balaban J connectivity index is 1.26. The Hall–Kier alpha value is -5.42. The lowest BCUT2D eigenvalue weighted by molar-refractivity contribution is 0.477. The predicted octanol–water partition coefficient (Wildman–Crippen LogP) is 9.93. The van der Waals surface area contributed by atoms with Gasteiger partial charge >= 0.3 is 0 Å². The summed E-state index contributed by atoms with van der Waals surface area (Å²) in [5, 5.41) is 3.71. The lowest BCUT2D eigenvalue weighted by Gasteiger charge is -2.23. The van der Waals surface area contributed by atoms with Crippen molar-refractivity contribution in [2.45, 2.75) is 0 Å². The molecule has 2 aromatic heterocycles. The second kappa shape index (κ2) is 8.05. The Morgan fingerprint density at radius 3 is 1.88 bits per heavy atom. The topological polar surface area (TPSA) is 19.1 Å². The van der Waals surface area contributed by atoms with Crippen LogP contribution >= 0.6 is 0 Å². The van der Waals surface area contributed by atoms with Crippen LogP contribution in [0.25, 0.3) is 66.1 Å². The molecular formula is C36H20F2N2O. The third kappa shape index (κ3) is 3.06. The summed E-state index contributed by atoms with van der Waals surface area (Å²) in [4.78, 5) is 0. The normalized spacial score (nSPS) is 12.3. The molecule has 0 radical (unpaired) electrons. The van der Waals surface area contributed by atoms with Crippen LogP contribution in [0.3, 0.4) is 0 Å². The highest BCUT2D eigenvalue weighted by molar-refractivity contribution is 6.13. The molecule has 6 aromatic carbocycles. The average Bonchev–Trinajstić information content (AvgIpc) is 3.51. The maximum Gasteiger partial charge on any atom is 0.152 e. The number of aromatic nitrogens is 2. The lowest BCUT2D eigenvalue weighted by Crippen LogP contribution is -2.06. The zero-order chi connectivity index (χ0) is 27.2. The van der Waals surface area contributed by atoms with E-state index in [9.17, 15) is 8.78 Å². The van der Waals surface area contributed by atoms with Crippen LogP contribution in [0, 0.1) is 11.6 Å². The van der Waals surface area contributed by atoms with Gasteiger partial charge in [-0.05, 0) is 72.3 Å². The molecule has 0 unspecified atom stereocenters. The Labute approximate surface area is 233 Å². The molecule has 194 valence electrons. The molecule has 0 fully saturated rings. The van der Waals surface area contributed by atoms with Gasteiger partial charge in [0.05, 0.1) is 27.8 Å². The first-order valence-electron chi connectivity index (χ1n) is 13.5. The largest absolute Gasteiger partial charge is 0.453 e. The summed E-state index contributed by atoms with van der Waals surface area (Å²) < 4.78 is 39.2. The third-order valence-electron chi connectivity index (χ3n) is 8.23. The fourth-order valence-electron chi connectivity index (χ4n) is 6.52. The molecule has 0 saturated carbocycles. The molecule has 3 heterocycles. The molecule has 41 heavy (non-hydrogen) atoms. The van der Waals surface area contributed by atoms with Gasteiger partial charge in [-0.1, -0.05) is 54.6 Å². The number of ether oxygens (including phenoxy) is 1. The van der Waals surface area contributed by atoms with Crippen molar-refractivity contribution in [3.63, 3.8) is 0 Å². The fraction of sp³-hybridized carbons (Fsp3) is 0. The van der Waals surface area contributed by atoms with E-state index in [1.54, 1.807) is 12.1 Å². The summed E-state index contributed by atoms with van der Waals surface area (Å²) in [7, 11) is 0. The SMILES string of the molecule is Fc1ccc2c(c1)c1cc(F)ccc1n2-c1ccc(-c2cccc3c2-n2c4ccccc4c4cccc(c42)O3)cc1. The maximum absolute atomic E-state index is 14.2. The highest BCUT2D eigenvalue weighted by Crippen LogP contribution is 2.48. The van der Waals surface area contributed by atoms with Crippen molar-refractivity contribution >= 4 is 43.6 Å².